The van der Waals surface area contributed by atoms with Crippen molar-refractivity contribution in [2.24, 2.45) is 0 Å². The minimum Gasteiger partial charge on any atom is -0.392 e. The molecule has 2 unspecified atom stereocenters. The summed E-state index contributed by atoms with van der Waals surface area (Å²) in [5.74, 6) is 0.0378. The minimum absolute atomic E-state index is 0.0378. The Morgan fingerprint density at radius 2 is 2.09 bits per heavy atom. The summed E-state index contributed by atoms with van der Waals surface area (Å²) in [5, 5.41) is 13.1. The maximum atomic E-state index is 12.2. The lowest BCUT2D eigenvalue weighted by atomic mass is 9.96. The van der Waals surface area contributed by atoms with Crippen LogP contribution in [0.25, 0.3) is 0 Å². The molecule has 1 aliphatic rings. The molecule has 0 spiro atoms. The zero-order valence-corrected chi connectivity index (χ0v) is 13.7. The molecule has 0 radical (unpaired) electrons. The average Bonchev–Trinajstić information content (AvgIpc) is 2.54. The molecule has 0 aromatic heterocycles. The number of hydrogen-bond donors (Lipinski definition) is 2. The van der Waals surface area contributed by atoms with Gasteiger partial charge in [0.2, 0.25) is 5.91 Å². The van der Waals surface area contributed by atoms with Gasteiger partial charge in [0.15, 0.2) is 0 Å². The summed E-state index contributed by atoms with van der Waals surface area (Å²) in [6.07, 6.45) is 3.65. The Hall–Kier alpha value is -1.39. The molecule has 2 rings (SSSR count). The molecule has 4 nitrogen and oxygen atoms in total. The van der Waals surface area contributed by atoms with Crippen LogP contribution in [-0.2, 0) is 11.3 Å². The van der Waals surface area contributed by atoms with E-state index in [1.165, 1.54) is 5.56 Å². The van der Waals surface area contributed by atoms with Crippen molar-refractivity contribution in [1.29, 1.82) is 0 Å². The van der Waals surface area contributed by atoms with Crippen molar-refractivity contribution < 1.29 is 9.90 Å². The zero-order chi connectivity index (χ0) is 15.9. The number of carbonyl (C=O) groups is 1. The van der Waals surface area contributed by atoms with Crippen LogP contribution in [0, 0.1) is 6.92 Å². The highest BCUT2D eigenvalue weighted by molar-refractivity contribution is 5.78. The van der Waals surface area contributed by atoms with Gasteiger partial charge in [-0.05, 0) is 38.3 Å². The quantitative estimate of drug-likeness (QED) is 0.847. The highest BCUT2D eigenvalue weighted by atomic mass is 16.3. The maximum Gasteiger partial charge on any atom is 0.234 e. The predicted molar refractivity (Wildman–Crippen MR) is 88.5 cm³/mol. The van der Waals surface area contributed by atoms with Gasteiger partial charge in [-0.2, -0.15) is 0 Å². The van der Waals surface area contributed by atoms with Crippen molar-refractivity contribution in [3.05, 3.63) is 35.4 Å². The van der Waals surface area contributed by atoms with Gasteiger partial charge in [-0.25, -0.2) is 0 Å². The van der Waals surface area contributed by atoms with Crippen LogP contribution in [-0.4, -0.2) is 41.1 Å². The number of aliphatic hydroxyl groups excluding tert-OH is 1. The van der Waals surface area contributed by atoms with E-state index in [9.17, 15) is 9.90 Å². The Morgan fingerprint density at radius 1 is 1.36 bits per heavy atom. The van der Waals surface area contributed by atoms with Crippen LogP contribution in [0.1, 0.15) is 43.7 Å². The van der Waals surface area contributed by atoms with E-state index in [1.54, 1.807) is 0 Å². The Morgan fingerprint density at radius 3 is 2.77 bits per heavy atom. The molecule has 2 atom stereocenters. The van der Waals surface area contributed by atoms with E-state index in [2.05, 4.69) is 29.3 Å². The van der Waals surface area contributed by atoms with Gasteiger partial charge in [0, 0.05) is 12.6 Å². The molecular formula is C18H28N2O2. The third kappa shape index (κ3) is 4.82. The first kappa shape index (κ1) is 17.0. The van der Waals surface area contributed by atoms with Gasteiger partial charge < -0.3 is 10.4 Å². The van der Waals surface area contributed by atoms with E-state index >= 15 is 0 Å². The van der Waals surface area contributed by atoms with Gasteiger partial charge in [-0.15, -0.1) is 0 Å². The molecule has 4 heteroatoms. The van der Waals surface area contributed by atoms with Crippen LogP contribution >= 0.6 is 0 Å². The fourth-order valence-corrected chi connectivity index (χ4v) is 3.07. The molecule has 2 N–H and O–H groups in total. The molecule has 1 heterocycles. The van der Waals surface area contributed by atoms with E-state index in [1.807, 2.05) is 19.1 Å². The molecule has 1 aliphatic heterocycles. The third-order valence-electron chi connectivity index (χ3n) is 4.48. The highest BCUT2D eigenvalue weighted by Gasteiger charge is 2.28. The predicted octanol–water partition coefficient (Wildman–Crippen LogP) is 2.24. The molecule has 0 bridgehead atoms. The normalized spacial score (nSPS) is 20.6. The van der Waals surface area contributed by atoms with Crippen LogP contribution in [0.15, 0.2) is 24.3 Å². The number of benzene rings is 1. The summed E-state index contributed by atoms with van der Waals surface area (Å²) in [4.78, 5) is 14.3. The summed E-state index contributed by atoms with van der Waals surface area (Å²) in [7, 11) is 0. The smallest absolute Gasteiger partial charge is 0.234 e. The van der Waals surface area contributed by atoms with Crippen molar-refractivity contribution in [2.75, 3.05) is 13.1 Å². The van der Waals surface area contributed by atoms with Crippen molar-refractivity contribution in [2.45, 2.75) is 58.2 Å². The number of piperidine rings is 1. The number of aliphatic hydroxyl groups is 1. The molecule has 1 amide bonds. The van der Waals surface area contributed by atoms with Gasteiger partial charge in [0.25, 0.3) is 0 Å². The van der Waals surface area contributed by atoms with E-state index in [4.69, 9.17) is 0 Å². The number of hydrogen-bond acceptors (Lipinski definition) is 3. The van der Waals surface area contributed by atoms with Gasteiger partial charge in [0.1, 0.15) is 0 Å². The molecule has 1 saturated heterocycles. The van der Waals surface area contributed by atoms with Crippen molar-refractivity contribution >= 4 is 5.91 Å². The number of carbonyl (C=O) groups excluding carboxylic acids is 1. The van der Waals surface area contributed by atoms with Crippen LogP contribution in [0.2, 0.25) is 0 Å². The number of likely N-dealkylation sites (tertiary alicyclic amines) is 1. The van der Waals surface area contributed by atoms with Gasteiger partial charge in [-0.1, -0.05) is 43.2 Å². The molecule has 1 fully saturated rings. The second-order valence-electron chi connectivity index (χ2n) is 6.27. The Balaban J connectivity index is 1.83. The summed E-state index contributed by atoms with van der Waals surface area (Å²) in [6.45, 7) is 5.90. The van der Waals surface area contributed by atoms with Gasteiger partial charge in [-0.3, -0.25) is 9.69 Å². The van der Waals surface area contributed by atoms with Crippen LogP contribution in [0.4, 0.5) is 0 Å². The Bertz CT molecular complexity index is 472. The van der Waals surface area contributed by atoms with Crippen molar-refractivity contribution in [3.63, 3.8) is 0 Å². The van der Waals surface area contributed by atoms with Crippen LogP contribution in [0.3, 0.4) is 0 Å². The summed E-state index contributed by atoms with van der Waals surface area (Å²) in [6, 6.07) is 8.32. The monoisotopic (exact) mass is 304 g/mol. The lowest BCUT2D eigenvalue weighted by Crippen LogP contribution is -2.50. The van der Waals surface area contributed by atoms with E-state index in [0.717, 1.165) is 37.8 Å². The van der Waals surface area contributed by atoms with E-state index in [-0.39, 0.29) is 18.1 Å². The molecule has 1 aromatic carbocycles. The van der Waals surface area contributed by atoms with Gasteiger partial charge in [0.05, 0.1) is 12.6 Å². The number of rotatable bonds is 6. The largest absolute Gasteiger partial charge is 0.392 e. The second kappa shape index (κ2) is 8.30. The Labute approximate surface area is 133 Å². The number of aryl methyl sites for hydroxylation is 1. The van der Waals surface area contributed by atoms with Crippen molar-refractivity contribution in [3.8, 4) is 0 Å². The van der Waals surface area contributed by atoms with Crippen molar-refractivity contribution in [1.82, 2.24) is 10.2 Å². The number of nitrogens with zero attached hydrogens (tertiary/aromatic N) is 1. The van der Waals surface area contributed by atoms with E-state index < -0.39 is 0 Å². The molecule has 122 valence electrons. The highest BCUT2D eigenvalue weighted by Crippen LogP contribution is 2.20. The van der Waals surface area contributed by atoms with E-state index in [0.29, 0.717) is 13.1 Å². The fraction of sp³-hybridized carbons (Fsp3) is 0.611. The summed E-state index contributed by atoms with van der Waals surface area (Å²) in [5.41, 5.74) is 2.34. The topological polar surface area (TPSA) is 52.6 Å². The molecule has 0 saturated carbocycles. The number of nitrogens with one attached hydrogen (secondary N) is 1. The van der Waals surface area contributed by atoms with Gasteiger partial charge >= 0.3 is 0 Å². The Kier molecular flexibility index (Phi) is 6.40. The molecule has 22 heavy (non-hydrogen) atoms. The first-order valence-electron chi connectivity index (χ1n) is 8.34. The van der Waals surface area contributed by atoms with Crippen LogP contribution in [0.5, 0.6) is 0 Å². The summed E-state index contributed by atoms with van der Waals surface area (Å²) >= 11 is 0. The third-order valence-corrected chi connectivity index (χ3v) is 4.48. The fourth-order valence-electron chi connectivity index (χ4n) is 3.07. The maximum absolute atomic E-state index is 12.2. The number of amides is 1. The SMILES string of the molecule is CCC(O)C1CCCCN1CC(=O)NCc1ccc(C)cc1. The minimum atomic E-state index is -0.329. The lowest BCUT2D eigenvalue weighted by Gasteiger charge is -2.37. The lowest BCUT2D eigenvalue weighted by molar-refractivity contribution is -0.124. The molecular weight excluding hydrogens is 276 g/mol. The van der Waals surface area contributed by atoms with Crippen LogP contribution < -0.4 is 5.32 Å². The zero-order valence-electron chi connectivity index (χ0n) is 13.7. The second-order valence-corrected chi connectivity index (χ2v) is 6.27. The average molecular weight is 304 g/mol. The first-order chi connectivity index (χ1) is 10.6. The standard InChI is InChI=1S/C18H28N2O2/c1-3-17(21)16-6-4-5-11-20(16)13-18(22)19-12-15-9-7-14(2)8-10-15/h7-10,16-17,21H,3-6,11-13H2,1-2H3,(H,19,22). The molecule has 1 aromatic rings. The first-order valence-corrected chi connectivity index (χ1v) is 8.34. The summed E-state index contributed by atoms with van der Waals surface area (Å²) < 4.78 is 0. The molecule has 0 aliphatic carbocycles.